The molecule has 1 heterocycles. The van der Waals surface area contributed by atoms with Gasteiger partial charge in [0.25, 0.3) is 5.91 Å². The summed E-state index contributed by atoms with van der Waals surface area (Å²) >= 11 is 0. The summed E-state index contributed by atoms with van der Waals surface area (Å²) in [6, 6.07) is 5.55. The Hall–Kier alpha value is -2.31. The minimum absolute atomic E-state index is 0.0255. The van der Waals surface area contributed by atoms with Crippen LogP contribution in [0, 0.1) is 0 Å². The van der Waals surface area contributed by atoms with Gasteiger partial charge >= 0.3 is 6.18 Å². The van der Waals surface area contributed by atoms with E-state index in [4.69, 9.17) is 0 Å². The molecule has 1 aromatic heterocycles. The number of nitrogens with zero attached hydrogens (tertiary/aromatic N) is 1. The second-order valence-corrected chi connectivity index (χ2v) is 6.87. The van der Waals surface area contributed by atoms with E-state index in [0.29, 0.717) is 5.69 Å². The van der Waals surface area contributed by atoms with Gasteiger partial charge in [-0.1, -0.05) is 32.9 Å². The van der Waals surface area contributed by atoms with E-state index in [1.165, 1.54) is 0 Å². The van der Waals surface area contributed by atoms with Gasteiger partial charge in [0.15, 0.2) is 5.69 Å². The Labute approximate surface area is 137 Å². The highest BCUT2D eigenvalue weighted by molar-refractivity contribution is 6.05. The maximum atomic E-state index is 12.9. The third-order valence-electron chi connectivity index (χ3n) is 4.56. The normalized spacial score (nSPS) is 19.2. The molecule has 1 atom stereocenters. The lowest BCUT2D eigenvalue weighted by atomic mass is 9.86. The number of fused-ring (bicyclic) bond motifs is 1. The molecule has 0 aliphatic heterocycles. The third kappa shape index (κ3) is 2.68. The zero-order valence-corrected chi connectivity index (χ0v) is 13.6. The first-order valence-electron chi connectivity index (χ1n) is 7.66. The number of aromatic amines is 1. The lowest BCUT2D eigenvalue weighted by Crippen LogP contribution is -2.19. The van der Waals surface area contributed by atoms with Crippen LogP contribution < -0.4 is 5.32 Å². The van der Waals surface area contributed by atoms with Crippen LogP contribution in [0.15, 0.2) is 24.4 Å². The van der Waals surface area contributed by atoms with Gasteiger partial charge in [0.05, 0.1) is 11.8 Å². The number of nitrogens with one attached hydrogen (secondary N) is 2. The number of carbonyl (C=O) groups excluding carboxylic acids is 1. The summed E-state index contributed by atoms with van der Waals surface area (Å²) in [5, 5.41) is 7.83. The molecule has 2 aromatic rings. The van der Waals surface area contributed by atoms with Crippen LogP contribution in [-0.4, -0.2) is 16.1 Å². The number of hydrogen-bond acceptors (Lipinski definition) is 2. The molecule has 24 heavy (non-hydrogen) atoms. The van der Waals surface area contributed by atoms with Crippen molar-refractivity contribution >= 4 is 11.6 Å². The molecule has 0 spiro atoms. The van der Waals surface area contributed by atoms with Crippen molar-refractivity contribution in [1.29, 1.82) is 0 Å². The van der Waals surface area contributed by atoms with Crippen LogP contribution in [0.25, 0.3) is 0 Å². The summed E-state index contributed by atoms with van der Waals surface area (Å²) in [6.45, 7) is 6.31. The van der Waals surface area contributed by atoms with Crippen molar-refractivity contribution in [3.8, 4) is 0 Å². The van der Waals surface area contributed by atoms with E-state index in [0.717, 1.165) is 23.7 Å². The monoisotopic (exact) mass is 337 g/mol. The molecule has 128 valence electrons. The number of halogens is 3. The minimum Gasteiger partial charge on any atom is -0.322 e. The van der Waals surface area contributed by atoms with Crippen molar-refractivity contribution < 1.29 is 18.0 Å². The van der Waals surface area contributed by atoms with E-state index in [-0.39, 0.29) is 11.3 Å². The molecule has 7 heteroatoms. The van der Waals surface area contributed by atoms with Crippen molar-refractivity contribution in [1.82, 2.24) is 10.2 Å². The molecular weight excluding hydrogens is 319 g/mol. The Morgan fingerprint density at radius 2 is 2.08 bits per heavy atom. The summed E-state index contributed by atoms with van der Waals surface area (Å²) in [5.74, 6) is -0.598. The number of alkyl halides is 3. The molecule has 0 radical (unpaired) electrons. The number of hydrogen-bond donors (Lipinski definition) is 2. The Morgan fingerprint density at radius 1 is 1.38 bits per heavy atom. The van der Waals surface area contributed by atoms with Gasteiger partial charge in [0.2, 0.25) is 0 Å². The number of aromatic nitrogens is 2. The Balaban J connectivity index is 1.96. The van der Waals surface area contributed by atoms with Gasteiger partial charge in [-0.25, -0.2) is 0 Å². The molecule has 0 saturated heterocycles. The van der Waals surface area contributed by atoms with Crippen LogP contribution >= 0.6 is 0 Å². The fraction of sp³-hybridized carbons (Fsp3) is 0.412. The van der Waals surface area contributed by atoms with E-state index >= 15 is 0 Å². The Morgan fingerprint density at radius 3 is 2.75 bits per heavy atom. The molecule has 2 N–H and O–H groups in total. The first kappa shape index (κ1) is 16.5. The molecule has 1 aromatic carbocycles. The van der Waals surface area contributed by atoms with Gasteiger partial charge in [0, 0.05) is 5.69 Å². The van der Waals surface area contributed by atoms with Gasteiger partial charge in [-0.05, 0) is 34.9 Å². The van der Waals surface area contributed by atoms with Crippen LogP contribution in [0.3, 0.4) is 0 Å². The van der Waals surface area contributed by atoms with E-state index in [2.05, 4.69) is 31.2 Å². The zero-order valence-electron chi connectivity index (χ0n) is 13.6. The summed E-state index contributed by atoms with van der Waals surface area (Å²) < 4.78 is 38.7. The highest BCUT2D eigenvalue weighted by Crippen LogP contribution is 2.48. The maximum Gasteiger partial charge on any atom is 0.433 e. The summed E-state index contributed by atoms with van der Waals surface area (Å²) in [5.41, 5.74) is 1.00. The Kier molecular flexibility index (Phi) is 3.69. The van der Waals surface area contributed by atoms with Crippen molar-refractivity contribution in [2.24, 2.45) is 0 Å². The summed E-state index contributed by atoms with van der Waals surface area (Å²) in [4.78, 5) is 12.3. The highest BCUT2D eigenvalue weighted by Gasteiger charge is 2.39. The molecule has 1 aliphatic carbocycles. The van der Waals surface area contributed by atoms with Crippen molar-refractivity contribution in [2.75, 3.05) is 5.32 Å². The standard InChI is InChI=1S/C17H18F3N3O/c1-9-7-16(2,3)11-5-4-6-12(13(9)11)22-15(24)10-8-21-23-14(10)17(18,19)20/h4-6,8-9H,7H2,1-3H3,(H,21,23)(H,22,24). The van der Waals surface area contributed by atoms with E-state index < -0.39 is 23.3 Å². The molecule has 1 aliphatic rings. The number of carbonyl (C=O) groups is 1. The number of rotatable bonds is 2. The average Bonchev–Trinajstić information content (AvgIpc) is 3.03. The van der Waals surface area contributed by atoms with Crippen molar-refractivity contribution in [3.05, 3.63) is 46.8 Å². The van der Waals surface area contributed by atoms with Crippen LogP contribution in [0.5, 0.6) is 0 Å². The zero-order chi connectivity index (χ0) is 17.7. The molecule has 4 nitrogen and oxygen atoms in total. The van der Waals surface area contributed by atoms with Gasteiger partial charge in [0.1, 0.15) is 0 Å². The molecule has 1 amide bonds. The molecular formula is C17H18F3N3O. The van der Waals surface area contributed by atoms with Gasteiger partial charge in [-0.15, -0.1) is 0 Å². The van der Waals surface area contributed by atoms with Crippen LogP contribution in [0.2, 0.25) is 0 Å². The van der Waals surface area contributed by atoms with E-state index in [1.807, 2.05) is 17.2 Å². The van der Waals surface area contributed by atoms with E-state index in [9.17, 15) is 18.0 Å². The predicted molar refractivity (Wildman–Crippen MR) is 84.0 cm³/mol. The lowest BCUT2D eigenvalue weighted by molar-refractivity contribution is -0.141. The molecule has 1 unspecified atom stereocenters. The molecule has 0 bridgehead atoms. The van der Waals surface area contributed by atoms with E-state index in [1.54, 1.807) is 6.07 Å². The van der Waals surface area contributed by atoms with Gasteiger partial charge in [-0.2, -0.15) is 18.3 Å². The first-order chi connectivity index (χ1) is 11.1. The smallest absolute Gasteiger partial charge is 0.322 e. The first-order valence-corrected chi connectivity index (χ1v) is 7.66. The second-order valence-electron chi connectivity index (χ2n) is 6.87. The van der Waals surface area contributed by atoms with Gasteiger partial charge < -0.3 is 5.32 Å². The Bertz CT molecular complexity index is 793. The third-order valence-corrected chi connectivity index (χ3v) is 4.56. The SMILES string of the molecule is CC1CC(C)(C)c2cccc(NC(=O)c3cn[nH]c3C(F)(F)F)c21. The highest BCUT2D eigenvalue weighted by atomic mass is 19.4. The minimum atomic E-state index is -4.66. The number of amides is 1. The van der Waals surface area contributed by atoms with Crippen LogP contribution in [0.4, 0.5) is 18.9 Å². The summed E-state index contributed by atoms with van der Waals surface area (Å²) in [6.07, 6.45) is -2.83. The number of benzene rings is 1. The fourth-order valence-corrected chi connectivity index (χ4v) is 3.64. The molecule has 0 saturated carbocycles. The predicted octanol–water partition coefficient (Wildman–Crippen LogP) is 4.47. The topological polar surface area (TPSA) is 57.8 Å². The fourth-order valence-electron chi connectivity index (χ4n) is 3.64. The summed E-state index contributed by atoms with van der Waals surface area (Å²) in [7, 11) is 0. The lowest BCUT2D eigenvalue weighted by Gasteiger charge is -2.19. The average molecular weight is 337 g/mol. The maximum absolute atomic E-state index is 12.9. The van der Waals surface area contributed by atoms with Gasteiger partial charge in [-0.3, -0.25) is 9.89 Å². The quantitative estimate of drug-likeness (QED) is 0.850. The largest absolute Gasteiger partial charge is 0.433 e. The molecule has 0 fully saturated rings. The second kappa shape index (κ2) is 5.36. The van der Waals surface area contributed by atoms with Crippen LogP contribution in [-0.2, 0) is 11.6 Å². The van der Waals surface area contributed by atoms with Crippen molar-refractivity contribution in [3.63, 3.8) is 0 Å². The molecule has 3 rings (SSSR count). The number of anilines is 1. The number of H-pyrrole nitrogens is 1. The van der Waals surface area contributed by atoms with Crippen LogP contribution in [0.1, 0.15) is 60.3 Å². The van der Waals surface area contributed by atoms with Crippen molar-refractivity contribution in [2.45, 2.75) is 44.7 Å².